The van der Waals surface area contributed by atoms with Crippen LogP contribution in [0.5, 0.6) is 11.5 Å². The summed E-state index contributed by atoms with van der Waals surface area (Å²) in [6.45, 7) is 0.192. The molecule has 0 saturated heterocycles. The number of esters is 1. The molecule has 3 heterocycles. The first kappa shape index (κ1) is 16.3. The van der Waals surface area contributed by atoms with Gasteiger partial charge in [-0.1, -0.05) is 23.2 Å². The van der Waals surface area contributed by atoms with Crippen molar-refractivity contribution in [3.05, 3.63) is 51.2 Å². The van der Waals surface area contributed by atoms with Crippen LogP contribution in [0.15, 0.2) is 29.8 Å². The fraction of sp³-hybridized carbons (Fsp3) is 0.125. The summed E-state index contributed by atoms with van der Waals surface area (Å²) in [5, 5.41) is 2.64. The maximum absolute atomic E-state index is 11.9. The first-order valence-corrected chi connectivity index (χ1v) is 8.79. The standard InChI is InChI=1S/C16H10Cl2N2O4S/c17-10-5-9(6-12-14(10)24-8-23-12)7-22-13(21)2-1-11-15(18)19-16-20(11)3-4-25-16/h1-6H,7-8H2/b2-1+. The van der Waals surface area contributed by atoms with Gasteiger partial charge in [0.05, 0.1) is 10.7 Å². The Morgan fingerprint density at radius 3 is 3.16 bits per heavy atom. The zero-order valence-electron chi connectivity index (χ0n) is 12.6. The van der Waals surface area contributed by atoms with E-state index in [1.54, 1.807) is 22.6 Å². The summed E-state index contributed by atoms with van der Waals surface area (Å²) in [7, 11) is 0. The fourth-order valence-corrected chi connectivity index (χ4v) is 3.67. The van der Waals surface area contributed by atoms with Crippen molar-refractivity contribution in [1.82, 2.24) is 9.38 Å². The van der Waals surface area contributed by atoms with Gasteiger partial charge in [-0.15, -0.1) is 11.3 Å². The molecule has 1 aliphatic rings. The van der Waals surface area contributed by atoms with Crippen LogP contribution in [0.4, 0.5) is 0 Å². The number of nitrogens with zero attached hydrogens (tertiary/aromatic N) is 2. The zero-order valence-corrected chi connectivity index (χ0v) is 14.9. The van der Waals surface area contributed by atoms with Gasteiger partial charge in [-0.25, -0.2) is 9.78 Å². The maximum atomic E-state index is 11.9. The van der Waals surface area contributed by atoms with E-state index in [-0.39, 0.29) is 13.4 Å². The van der Waals surface area contributed by atoms with Crippen LogP contribution in [0.3, 0.4) is 0 Å². The van der Waals surface area contributed by atoms with E-state index in [1.165, 1.54) is 17.4 Å². The Bertz CT molecular complexity index is 996. The quantitative estimate of drug-likeness (QED) is 0.488. The highest BCUT2D eigenvalue weighted by molar-refractivity contribution is 7.15. The molecule has 0 aliphatic carbocycles. The van der Waals surface area contributed by atoms with Gasteiger partial charge in [0.1, 0.15) is 6.61 Å². The topological polar surface area (TPSA) is 62.1 Å². The molecule has 3 aromatic rings. The first-order valence-electron chi connectivity index (χ1n) is 7.16. The van der Waals surface area contributed by atoms with Crippen LogP contribution < -0.4 is 9.47 Å². The summed E-state index contributed by atoms with van der Waals surface area (Å²) in [4.78, 5) is 16.9. The summed E-state index contributed by atoms with van der Waals surface area (Å²) < 4.78 is 17.5. The van der Waals surface area contributed by atoms with E-state index < -0.39 is 5.97 Å². The van der Waals surface area contributed by atoms with Gasteiger partial charge in [-0.3, -0.25) is 4.40 Å². The van der Waals surface area contributed by atoms with Crippen molar-refractivity contribution in [2.75, 3.05) is 6.79 Å². The molecular formula is C16H10Cl2N2O4S. The lowest BCUT2D eigenvalue weighted by Crippen LogP contribution is -2.01. The van der Waals surface area contributed by atoms with E-state index in [4.69, 9.17) is 37.4 Å². The average molecular weight is 397 g/mol. The van der Waals surface area contributed by atoms with Gasteiger partial charge in [-0.05, 0) is 23.8 Å². The van der Waals surface area contributed by atoms with Gasteiger partial charge in [0, 0.05) is 17.7 Å². The minimum atomic E-state index is -0.505. The maximum Gasteiger partial charge on any atom is 0.331 e. The molecule has 0 bridgehead atoms. The Hall–Kier alpha value is -2.22. The third kappa shape index (κ3) is 3.18. The molecule has 128 valence electrons. The molecule has 0 fully saturated rings. The SMILES string of the molecule is O=C(/C=C/c1c(Cl)nc2sccn12)OCc1cc(Cl)c2c(c1)OCO2. The average Bonchev–Trinajstić information content (AvgIpc) is 3.27. The first-order chi connectivity index (χ1) is 12.1. The predicted molar refractivity (Wildman–Crippen MR) is 94.5 cm³/mol. The number of rotatable bonds is 4. The number of aromatic nitrogens is 2. The number of carbonyl (C=O) groups excluding carboxylic acids is 1. The molecule has 9 heteroatoms. The molecule has 2 aromatic heterocycles. The van der Waals surface area contributed by atoms with E-state index >= 15 is 0 Å². The molecule has 0 amide bonds. The van der Waals surface area contributed by atoms with Crippen LogP contribution in [0, 0.1) is 0 Å². The molecule has 0 atom stereocenters. The fourth-order valence-electron chi connectivity index (χ4n) is 2.38. The van der Waals surface area contributed by atoms with Gasteiger partial charge >= 0.3 is 5.97 Å². The number of benzene rings is 1. The van der Waals surface area contributed by atoms with Gasteiger partial charge in [0.25, 0.3) is 0 Å². The van der Waals surface area contributed by atoms with Gasteiger partial charge < -0.3 is 14.2 Å². The zero-order chi connectivity index (χ0) is 17.4. The van der Waals surface area contributed by atoms with Crippen LogP contribution in [-0.2, 0) is 16.1 Å². The van der Waals surface area contributed by atoms with Crippen LogP contribution >= 0.6 is 34.5 Å². The summed E-state index contributed by atoms with van der Waals surface area (Å²) in [6.07, 6.45) is 4.71. The van der Waals surface area contributed by atoms with Crippen molar-refractivity contribution >= 4 is 51.5 Å². The lowest BCUT2D eigenvalue weighted by molar-refractivity contribution is -0.138. The summed E-state index contributed by atoms with van der Waals surface area (Å²) >= 11 is 13.6. The second-order valence-corrected chi connectivity index (χ2v) is 6.73. The number of hydrogen-bond acceptors (Lipinski definition) is 6. The minimum Gasteiger partial charge on any atom is -0.458 e. The Balaban J connectivity index is 1.44. The van der Waals surface area contributed by atoms with Gasteiger partial charge in [0.2, 0.25) is 6.79 Å². The number of halogens is 2. The summed E-state index contributed by atoms with van der Waals surface area (Å²) in [6, 6.07) is 3.41. The number of hydrogen-bond donors (Lipinski definition) is 0. The minimum absolute atomic E-state index is 0.0630. The Labute approximate surface area is 156 Å². The monoisotopic (exact) mass is 396 g/mol. The molecule has 6 nitrogen and oxygen atoms in total. The Kier molecular flexibility index (Phi) is 4.29. The Morgan fingerprint density at radius 2 is 2.28 bits per heavy atom. The van der Waals surface area contributed by atoms with Crippen LogP contribution in [0.1, 0.15) is 11.3 Å². The number of imidazole rings is 1. The predicted octanol–water partition coefficient (Wildman–Crippen LogP) is 4.19. The molecule has 1 aromatic carbocycles. The van der Waals surface area contributed by atoms with Crippen LogP contribution in [-0.4, -0.2) is 22.1 Å². The molecule has 0 unspecified atom stereocenters. The van der Waals surface area contributed by atoms with Crippen molar-refractivity contribution in [1.29, 1.82) is 0 Å². The number of thiazole rings is 1. The number of fused-ring (bicyclic) bond motifs is 2. The van der Waals surface area contributed by atoms with Gasteiger partial charge in [0.15, 0.2) is 21.6 Å². The van der Waals surface area contributed by atoms with Crippen LogP contribution in [0.25, 0.3) is 11.0 Å². The molecule has 4 rings (SSSR count). The van der Waals surface area contributed by atoms with Crippen molar-refractivity contribution in [3.8, 4) is 11.5 Å². The highest BCUT2D eigenvalue weighted by atomic mass is 35.5. The van der Waals surface area contributed by atoms with Crippen molar-refractivity contribution in [3.63, 3.8) is 0 Å². The van der Waals surface area contributed by atoms with Crippen LogP contribution in [0.2, 0.25) is 10.2 Å². The van der Waals surface area contributed by atoms with E-state index in [0.29, 0.717) is 32.9 Å². The van der Waals surface area contributed by atoms with E-state index in [9.17, 15) is 4.79 Å². The van der Waals surface area contributed by atoms with E-state index in [2.05, 4.69) is 4.98 Å². The molecule has 0 N–H and O–H groups in total. The highest BCUT2D eigenvalue weighted by Crippen LogP contribution is 2.39. The van der Waals surface area contributed by atoms with E-state index in [0.717, 1.165) is 4.96 Å². The number of carbonyl (C=O) groups is 1. The third-order valence-electron chi connectivity index (χ3n) is 3.50. The molecule has 1 aliphatic heterocycles. The highest BCUT2D eigenvalue weighted by Gasteiger charge is 2.18. The smallest absolute Gasteiger partial charge is 0.331 e. The van der Waals surface area contributed by atoms with Crippen molar-refractivity contribution in [2.24, 2.45) is 0 Å². The Morgan fingerprint density at radius 1 is 1.40 bits per heavy atom. The summed E-state index contributed by atoms with van der Waals surface area (Å²) in [5.74, 6) is 0.543. The largest absolute Gasteiger partial charge is 0.458 e. The summed E-state index contributed by atoms with van der Waals surface area (Å²) in [5.41, 5.74) is 1.33. The second kappa shape index (κ2) is 6.59. The van der Waals surface area contributed by atoms with E-state index in [1.807, 2.05) is 11.6 Å². The third-order valence-corrected chi connectivity index (χ3v) is 4.82. The van der Waals surface area contributed by atoms with Crippen molar-refractivity contribution < 1.29 is 19.0 Å². The molecule has 0 radical (unpaired) electrons. The molecular weight excluding hydrogens is 387 g/mol. The van der Waals surface area contributed by atoms with Crippen molar-refractivity contribution in [2.45, 2.75) is 6.61 Å². The molecule has 0 saturated carbocycles. The lowest BCUT2D eigenvalue weighted by atomic mass is 10.2. The molecule has 0 spiro atoms. The lowest BCUT2D eigenvalue weighted by Gasteiger charge is -2.05. The normalized spacial score (nSPS) is 13.0. The van der Waals surface area contributed by atoms with Gasteiger partial charge in [-0.2, -0.15) is 0 Å². The second-order valence-electron chi connectivity index (χ2n) is 5.10. The molecule has 25 heavy (non-hydrogen) atoms. The number of ether oxygens (including phenoxy) is 3.